The summed E-state index contributed by atoms with van der Waals surface area (Å²) in [4.78, 5) is 23.9. The largest absolute Gasteiger partial charge is 0.454 e. The molecule has 1 aliphatic carbocycles. The van der Waals surface area contributed by atoms with Crippen molar-refractivity contribution in [1.82, 2.24) is 0 Å². The van der Waals surface area contributed by atoms with Gasteiger partial charge in [-0.15, -0.1) is 0 Å². The van der Waals surface area contributed by atoms with Gasteiger partial charge in [0.1, 0.15) is 6.10 Å². The van der Waals surface area contributed by atoms with E-state index in [9.17, 15) is 9.59 Å². The van der Waals surface area contributed by atoms with Gasteiger partial charge in [-0.3, -0.25) is 4.79 Å². The molecule has 27 heavy (non-hydrogen) atoms. The van der Waals surface area contributed by atoms with Crippen molar-refractivity contribution in [2.24, 2.45) is 5.92 Å². The molecule has 5 nitrogen and oxygen atoms in total. The third-order valence-electron chi connectivity index (χ3n) is 6.03. The minimum Gasteiger partial charge on any atom is -0.454 e. The average molecular weight is 374 g/mol. The van der Waals surface area contributed by atoms with Gasteiger partial charge in [-0.2, -0.15) is 0 Å². The third kappa shape index (κ3) is 4.34. The summed E-state index contributed by atoms with van der Waals surface area (Å²) in [6, 6.07) is 0. The van der Waals surface area contributed by atoms with Crippen LogP contribution in [0.2, 0.25) is 0 Å². The van der Waals surface area contributed by atoms with Gasteiger partial charge >= 0.3 is 11.9 Å². The molecule has 5 atom stereocenters. The molecule has 0 saturated carbocycles. The lowest BCUT2D eigenvalue weighted by atomic mass is 9.84. The summed E-state index contributed by atoms with van der Waals surface area (Å²) in [5, 5.41) is 0. The zero-order chi connectivity index (χ0) is 19.8. The predicted octanol–water partition coefficient (Wildman–Crippen LogP) is 4.03. The van der Waals surface area contributed by atoms with Crippen LogP contribution in [-0.4, -0.2) is 35.9 Å². The Morgan fingerprint density at radius 1 is 1.30 bits per heavy atom. The highest BCUT2D eigenvalue weighted by molar-refractivity contribution is 5.91. The molecule has 0 amide bonds. The molecule has 0 aromatic carbocycles. The van der Waals surface area contributed by atoms with Crippen LogP contribution in [0.3, 0.4) is 0 Å². The molecule has 0 radical (unpaired) electrons. The Morgan fingerprint density at radius 2 is 2.04 bits per heavy atom. The summed E-state index contributed by atoms with van der Waals surface area (Å²) < 4.78 is 17.2. The minimum atomic E-state index is -0.590. The maximum atomic E-state index is 12.2. The average Bonchev–Trinajstić information content (AvgIpc) is 3.14. The molecule has 2 heterocycles. The van der Waals surface area contributed by atoms with Gasteiger partial charge in [-0.25, -0.2) is 4.79 Å². The molecule has 0 aromatic rings. The van der Waals surface area contributed by atoms with E-state index < -0.39 is 18.2 Å². The molecular weight excluding hydrogens is 344 g/mol. The molecule has 3 aliphatic rings. The Hall–Kier alpha value is -1.88. The third-order valence-corrected chi connectivity index (χ3v) is 6.03. The van der Waals surface area contributed by atoms with E-state index in [-0.39, 0.29) is 23.6 Å². The zero-order valence-electron chi connectivity index (χ0n) is 16.7. The molecular formula is C22H30O5. The fraction of sp³-hybridized carbons (Fsp3) is 0.636. The number of hydrogen-bond donors (Lipinski definition) is 0. The van der Waals surface area contributed by atoms with Crippen LogP contribution >= 0.6 is 0 Å². The second-order valence-corrected chi connectivity index (χ2v) is 8.26. The van der Waals surface area contributed by atoms with Crippen molar-refractivity contribution in [3.63, 3.8) is 0 Å². The normalized spacial score (nSPS) is 41.0. The number of hydrogen-bond acceptors (Lipinski definition) is 5. The number of allylic oxidation sites excluding steroid dienone is 3. The first-order valence-corrected chi connectivity index (χ1v) is 9.78. The van der Waals surface area contributed by atoms with Gasteiger partial charge in [-0.1, -0.05) is 24.3 Å². The van der Waals surface area contributed by atoms with E-state index in [4.69, 9.17) is 14.2 Å². The molecule has 5 heteroatoms. The van der Waals surface area contributed by atoms with E-state index in [1.54, 1.807) is 0 Å². The first-order chi connectivity index (χ1) is 12.7. The van der Waals surface area contributed by atoms with Crippen LogP contribution in [0.15, 0.2) is 35.5 Å². The van der Waals surface area contributed by atoms with Crippen LogP contribution in [0.1, 0.15) is 59.8 Å². The first kappa shape index (κ1) is 19.9. The molecule has 2 fully saturated rings. The van der Waals surface area contributed by atoms with Gasteiger partial charge in [0.05, 0.1) is 11.7 Å². The zero-order valence-corrected chi connectivity index (χ0v) is 16.7. The molecule has 0 aromatic heterocycles. The number of ether oxygens (including phenoxy) is 3. The van der Waals surface area contributed by atoms with Crippen LogP contribution < -0.4 is 0 Å². The molecule has 0 bridgehead atoms. The molecule has 0 N–H and O–H groups in total. The van der Waals surface area contributed by atoms with Gasteiger partial charge in [-0.05, 0) is 58.4 Å². The summed E-state index contributed by atoms with van der Waals surface area (Å²) in [6.45, 7) is 11.5. The van der Waals surface area contributed by atoms with Crippen molar-refractivity contribution in [3.05, 3.63) is 35.5 Å². The summed E-state index contributed by atoms with van der Waals surface area (Å²) in [5.41, 5.74) is 2.54. The lowest BCUT2D eigenvalue weighted by Gasteiger charge is -2.27. The summed E-state index contributed by atoms with van der Waals surface area (Å²) in [6.07, 6.45) is 7.70. The molecule has 2 saturated heterocycles. The van der Waals surface area contributed by atoms with E-state index >= 15 is 0 Å². The quantitative estimate of drug-likeness (QED) is 0.300. The van der Waals surface area contributed by atoms with Crippen molar-refractivity contribution in [2.45, 2.75) is 83.7 Å². The number of carbonyl (C=O) groups excluding carboxylic acids is 2. The van der Waals surface area contributed by atoms with Gasteiger partial charge in [0, 0.05) is 18.4 Å². The van der Waals surface area contributed by atoms with E-state index in [1.807, 2.05) is 6.92 Å². The fourth-order valence-electron chi connectivity index (χ4n) is 4.17. The maximum absolute atomic E-state index is 12.2. The molecule has 2 unspecified atom stereocenters. The highest BCUT2D eigenvalue weighted by Crippen LogP contribution is 2.47. The number of esters is 2. The Morgan fingerprint density at radius 3 is 2.74 bits per heavy atom. The summed E-state index contributed by atoms with van der Waals surface area (Å²) >= 11 is 0. The predicted molar refractivity (Wildman–Crippen MR) is 102 cm³/mol. The molecule has 148 valence electrons. The Kier molecular flexibility index (Phi) is 5.61. The van der Waals surface area contributed by atoms with Crippen LogP contribution in [0.25, 0.3) is 0 Å². The van der Waals surface area contributed by atoms with Crippen molar-refractivity contribution in [3.8, 4) is 0 Å². The molecule has 0 spiro atoms. The van der Waals surface area contributed by atoms with Gasteiger partial charge in [0.2, 0.25) is 0 Å². The van der Waals surface area contributed by atoms with E-state index in [1.165, 1.54) is 12.5 Å². The Balaban J connectivity index is 1.92. The maximum Gasteiger partial charge on any atom is 0.334 e. The van der Waals surface area contributed by atoms with Crippen LogP contribution in [0, 0.1) is 5.92 Å². The fourth-order valence-corrected chi connectivity index (χ4v) is 4.17. The van der Waals surface area contributed by atoms with Crippen LogP contribution in [0.5, 0.6) is 0 Å². The molecule has 3 rings (SSSR count). The minimum absolute atomic E-state index is 0.0650. The number of epoxide rings is 1. The van der Waals surface area contributed by atoms with E-state index in [0.717, 1.165) is 31.3 Å². The van der Waals surface area contributed by atoms with Gasteiger partial charge < -0.3 is 14.2 Å². The van der Waals surface area contributed by atoms with Crippen molar-refractivity contribution < 1.29 is 23.8 Å². The van der Waals surface area contributed by atoms with Gasteiger partial charge in [0.15, 0.2) is 6.10 Å². The molecule has 2 aliphatic heterocycles. The smallest absolute Gasteiger partial charge is 0.334 e. The van der Waals surface area contributed by atoms with Gasteiger partial charge in [0.25, 0.3) is 0 Å². The van der Waals surface area contributed by atoms with Crippen molar-refractivity contribution in [2.75, 3.05) is 0 Å². The first-order valence-electron chi connectivity index (χ1n) is 9.78. The van der Waals surface area contributed by atoms with Crippen molar-refractivity contribution in [1.29, 1.82) is 0 Å². The monoisotopic (exact) mass is 374 g/mol. The number of fused-ring (bicyclic) bond motifs is 2. The second kappa shape index (κ2) is 7.63. The number of rotatable bonds is 1. The Bertz CT molecular complexity index is 703. The van der Waals surface area contributed by atoms with Crippen LogP contribution in [-0.2, 0) is 23.8 Å². The summed E-state index contributed by atoms with van der Waals surface area (Å²) in [5.74, 6) is -0.999. The summed E-state index contributed by atoms with van der Waals surface area (Å²) in [7, 11) is 0. The van der Waals surface area contributed by atoms with Crippen molar-refractivity contribution >= 4 is 11.9 Å². The lowest BCUT2D eigenvalue weighted by Crippen LogP contribution is -2.37. The van der Waals surface area contributed by atoms with E-state index in [2.05, 4.69) is 32.6 Å². The standard InChI is InChI=1S/C22H30O5/c1-13-8-6-10-14(2)19(25-16(4)23)20-17(15(3)21(24)26-20)12-18-22(5,27-18)11-7-9-13/h9-10,17-20H,3,6-8,11-12H2,1-2,4-5H3/b13-9+,14-10+/t17?,18-,19-,20?,22-/m1/s1. The number of carbonyl (C=O) groups is 2. The topological polar surface area (TPSA) is 65.1 Å². The van der Waals surface area contributed by atoms with E-state index in [0.29, 0.717) is 12.0 Å². The second-order valence-electron chi connectivity index (χ2n) is 8.26. The van der Waals surface area contributed by atoms with Crippen LogP contribution in [0.4, 0.5) is 0 Å². The highest BCUT2D eigenvalue weighted by Gasteiger charge is 2.55. The lowest BCUT2D eigenvalue weighted by molar-refractivity contribution is -0.157. The highest BCUT2D eigenvalue weighted by atomic mass is 16.6. The Labute approximate surface area is 161 Å². The SMILES string of the molecule is C=C1C(=O)OC2C1C[C@H]1O[C@]1(C)CC/C=C(\C)CC/C=C(\C)[C@H]2OC(C)=O.